The zero-order chi connectivity index (χ0) is 20.5. The highest BCUT2D eigenvalue weighted by Crippen LogP contribution is 2.35. The fraction of sp³-hybridized carbons (Fsp3) is 0.150. The first-order valence-electron chi connectivity index (χ1n) is 8.71. The van der Waals surface area contributed by atoms with Crippen LogP contribution < -0.4 is 11.3 Å². The van der Waals surface area contributed by atoms with Crippen molar-refractivity contribution in [1.82, 2.24) is 19.9 Å². The summed E-state index contributed by atoms with van der Waals surface area (Å²) in [5.74, 6) is 1.06. The van der Waals surface area contributed by atoms with Crippen LogP contribution in [-0.2, 0) is 5.75 Å². The number of aryl methyl sites for hydroxylation is 2. The molecule has 0 aliphatic carbocycles. The van der Waals surface area contributed by atoms with Gasteiger partial charge in [-0.3, -0.25) is 4.79 Å². The van der Waals surface area contributed by atoms with Gasteiger partial charge in [0.15, 0.2) is 5.16 Å². The zero-order valence-electron chi connectivity index (χ0n) is 15.7. The Morgan fingerprint density at radius 2 is 2.00 bits per heavy atom. The second-order valence-corrected chi connectivity index (χ2v) is 8.59. The lowest BCUT2D eigenvalue weighted by Crippen LogP contribution is -2.11. The van der Waals surface area contributed by atoms with Crippen molar-refractivity contribution in [3.63, 3.8) is 0 Å². The van der Waals surface area contributed by atoms with Gasteiger partial charge < -0.3 is 10.7 Å². The van der Waals surface area contributed by atoms with Gasteiger partial charge in [-0.1, -0.05) is 41.6 Å². The molecule has 0 bridgehead atoms. The maximum atomic E-state index is 12.8. The number of fused-ring (bicyclic) bond motifs is 1. The second-order valence-electron chi connectivity index (χ2n) is 6.44. The summed E-state index contributed by atoms with van der Waals surface area (Å²) in [5.41, 5.74) is 8.91. The number of aromatic amines is 1. The van der Waals surface area contributed by atoms with Crippen molar-refractivity contribution in [2.45, 2.75) is 24.8 Å². The highest BCUT2D eigenvalue weighted by molar-refractivity contribution is 7.98. The smallest absolute Gasteiger partial charge is 0.260 e. The van der Waals surface area contributed by atoms with Crippen LogP contribution in [0, 0.1) is 25.2 Å². The molecular weight excluding hydrogens is 404 g/mol. The zero-order valence-corrected chi connectivity index (χ0v) is 17.3. The van der Waals surface area contributed by atoms with Crippen molar-refractivity contribution in [3.8, 4) is 17.2 Å². The van der Waals surface area contributed by atoms with Gasteiger partial charge in [0.25, 0.3) is 5.56 Å². The Bertz CT molecular complexity index is 1320. The van der Waals surface area contributed by atoms with Gasteiger partial charge in [-0.2, -0.15) is 5.26 Å². The molecule has 0 unspecified atom stereocenters. The van der Waals surface area contributed by atoms with Crippen molar-refractivity contribution in [3.05, 3.63) is 62.6 Å². The van der Waals surface area contributed by atoms with Crippen molar-refractivity contribution in [2.75, 3.05) is 5.73 Å². The molecule has 144 valence electrons. The number of nitriles is 1. The number of rotatable bonds is 4. The molecule has 0 saturated carbocycles. The van der Waals surface area contributed by atoms with E-state index in [-0.39, 0.29) is 16.9 Å². The predicted octanol–water partition coefficient (Wildman–Crippen LogP) is 3.80. The number of aromatic nitrogens is 4. The van der Waals surface area contributed by atoms with Crippen molar-refractivity contribution in [1.29, 1.82) is 5.26 Å². The van der Waals surface area contributed by atoms with E-state index in [4.69, 9.17) is 11.0 Å². The summed E-state index contributed by atoms with van der Waals surface area (Å²) >= 11 is 2.80. The van der Waals surface area contributed by atoms with Crippen LogP contribution in [0.1, 0.15) is 21.8 Å². The largest absolute Gasteiger partial charge is 0.382 e. The van der Waals surface area contributed by atoms with Crippen LogP contribution in [0.2, 0.25) is 0 Å². The number of nitrogens with two attached hydrogens (primary N) is 1. The van der Waals surface area contributed by atoms with E-state index in [0.29, 0.717) is 27.0 Å². The fourth-order valence-electron chi connectivity index (χ4n) is 2.97. The number of nitrogens with one attached hydrogen (secondary N) is 1. The molecule has 3 heterocycles. The lowest BCUT2D eigenvalue weighted by Gasteiger charge is -2.04. The maximum absolute atomic E-state index is 12.8. The van der Waals surface area contributed by atoms with Gasteiger partial charge in [-0.25, -0.2) is 15.0 Å². The van der Waals surface area contributed by atoms with E-state index < -0.39 is 0 Å². The first kappa shape index (κ1) is 19.1. The molecule has 1 aromatic carbocycles. The average molecular weight is 421 g/mol. The van der Waals surface area contributed by atoms with E-state index in [1.54, 1.807) is 0 Å². The van der Waals surface area contributed by atoms with E-state index in [1.807, 2.05) is 44.2 Å². The number of thioether (sulfide) groups is 1. The molecule has 4 aromatic rings. The van der Waals surface area contributed by atoms with Crippen LogP contribution in [0.15, 0.2) is 40.4 Å². The first-order valence-corrected chi connectivity index (χ1v) is 10.5. The van der Waals surface area contributed by atoms with Crippen LogP contribution in [0.3, 0.4) is 0 Å². The van der Waals surface area contributed by atoms with E-state index >= 15 is 0 Å². The molecule has 0 aliphatic rings. The molecule has 0 aliphatic heterocycles. The fourth-order valence-corrected chi connectivity index (χ4v) is 4.72. The topological polar surface area (TPSA) is 121 Å². The minimum absolute atomic E-state index is 0.138. The molecule has 0 spiro atoms. The Kier molecular flexibility index (Phi) is 5.05. The van der Waals surface area contributed by atoms with E-state index in [2.05, 4.69) is 19.9 Å². The summed E-state index contributed by atoms with van der Waals surface area (Å²) in [7, 11) is 0. The third-order valence-corrected chi connectivity index (χ3v) is 6.25. The van der Waals surface area contributed by atoms with Crippen molar-refractivity contribution < 1.29 is 0 Å². The Balaban J connectivity index is 1.66. The number of nitrogens with zero attached hydrogens (tertiary/aromatic N) is 4. The SMILES string of the molecule is Cc1ccc(-c2c(C)sc3nc(CSc4ncc(C#N)c(N)n4)[nH]c(=O)c23)cc1. The number of anilines is 1. The highest BCUT2D eigenvalue weighted by Gasteiger charge is 2.17. The van der Waals surface area contributed by atoms with Crippen LogP contribution >= 0.6 is 23.1 Å². The van der Waals surface area contributed by atoms with E-state index in [0.717, 1.165) is 16.0 Å². The third kappa shape index (κ3) is 3.72. The molecule has 0 atom stereocenters. The summed E-state index contributed by atoms with van der Waals surface area (Å²) < 4.78 is 0. The van der Waals surface area contributed by atoms with E-state index in [9.17, 15) is 4.79 Å². The summed E-state index contributed by atoms with van der Waals surface area (Å²) in [6, 6.07) is 10.1. The standard InChI is InChI=1S/C20H16N6OS2/c1-10-3-5-12(6-4-10)15-11(2)29-19-16(15)18(27)24-14(25-19)9-28-20-23-8-13(7-21)17(22)26-20/h3-6,8H,9H2,1-2H3,(H2,22,23,26)(H,24,25,27). The van der Waals surface area contributed by atoms with Gasteiger partial charge in [0.05, 0.1) is 17.3 Å². The first-order chi connectivity index (χ1) is 14.0. The molecule has 0 fully saturated rings. The average Bonchev–Trinajstić information content (AvgIpc) is 3.03. The number of nitrogen functional groups attached to an aromatic ring is 1. The number of hydrogen-bond donors (Lipinski definition) is 2. The summed E-state index contributed by atoms with van der Waals surface area (Å²) in [6.45, 7) is 4.04. The lowest BCUT2D eigenvalue weighted by atomic mass is 10.0. The number of hydrogen-bond acceptors (Lipinski definition) is 8. The second kappa shape index (κ2) is 7.66. The van der Waals surface area contributed by atoms with E-state index in [1.165, 1.54) is 34.9 Å². The number of H-pyrrole nitrogens is 1. The van der Waals surface area contributed by atoms with Crippen molar-refractivity contribution >= 4 is 39.1 Å². The quantitative estimate of drug-likeness (QED) is 0.380. The van der Waals surface area contributed by atoms with Gasteiger partial charge in [0.2, 0.25) is 0 Å². The van der Waals surface area contributed by atoms with Crippen LogP contribution in [0.5, 0.6) is 0 Å². The normalized spacial score (nSPS) is 10.9. The Hall–Kier alpha value is -3.22. The predicted molar refractivity (Wildman–Crippen MR) is 116 cm³/mol. The molecule has 4 rings (SSSR count). The monoisotopic (exact) mass is 420 g/mol. The molecule has 0 saturated heterocycles. The van der Waals surface area contributed by atoms with Gasteiger partial charge >= 0.3 is 0 Å². The van der Waals surface area contributed by atoms with Gasteiger partial charge in [0.1, 0.15) is 28.1 Å². The minimum atomic E-state index is -0.161. The van der Waals surface area contributed by atoms with Crippen molar-refractivity contribution in [2.24, 2.45) is 0 Å². The third-order valence-electron chi connectivity index (χ3n) is 4.38. The van der Waals surface area contributed by atoms with Gasteiger partial charge in [-0.05, 0) is 19.4 Å². The Morgan fingerprint density at radius 3 is 2.69 bits per heavy atom. The van der Waals surface area contributed by atoms with Crippen LogP contribution in [0.4, 0.5) is 5.82 Å². The van der Waals surface area contributed by atoms with Crippen LogP contribution in [-0.4, -0.2) is 19.9 Å². The van der Waals surface area contributed by atoms with Crippen LogP contribution in [0.25, 0.3) is 21.3 Å². The molecule has 7 nitrogen and oxygen atoms in total. The molecule has 3 N–H and O–H groups in total. The molecule has 3 aromatic heterocycles. The summed E-state index contributed by atoms with van der Waals surface area (Å²) in [5, 5.41) is 9.94. The molecular formula is C20H16N6OS2. The Morgan fingerprint density at radius 1 is 1.24 bits per heavy atom. The highest BCUT2D eigenvalue weighted by atomic mass is 32.2. The summed E-state index contributed by atoms with van der Waals surface area (Å²) in [4.78, 5) is 30.3. The Labute approximate surface area is 174 Å². The summed E-state index contributed by atoms with van der Waals surface area (Å²) in [6.07, 6.45) is 1.39. The molecule has 0 amide bonds. The molecule has 0 radical (unpaired) electrons. The minimum Gasteiger partial charge on any atom is -0.382 e. The molecule has 9 heteroatoms. The number of benzene rings is 1. The lowest BCUT2D eigenvalue weighted by molar-refractivity contribution is 0.961. The van der Waals surface area contributed by atoms with Gasteiger partial charge in [-0.15, -0.1) is 11.3 Å². The van der Waals surface area contributed by atoms with Gasteiger partial charge in [0, 0.05) is 10.4 Å². The molecule has 29 heavy (non-hydrogen) atoms. The number of thiophene rings is 1. The maximum Gasteiger partial charge on any atom is 0.260 e.